The van der Waals surface area contributed by atoms with Gasteiger partial charge in [0.05, 0.1) is 5.71 Å². The minimum Gasteiger partial charge on any atom is -0.434 e. The first-order chi connectivity index (χ1) is 13.0. The second-order valence-corrected chi connectivity index (χ2v) is 6.87. The summed E-state index contributed by atoms with van der Waals surface area (Å²) in [4.78, 5) is 36.8. The number of hydrazone groups is 1. The molecule has 0 radical (unpaired) electrons. The molecule has 1 fully saturated rings. The van der Waals surface area contributed by atoms with Crippen molar-refractivity contribution >= 4 is 23.6 Å². The van der Waals surface area contributed by atoms with E-state index in [4.69, 9.17) is 0 Å². The van der Waals surface area contributed by atoms with Gasteiger partial charge in [-0.05, 0) is 39.8 Å². The van der Waals surface area contributed by atoms with E-state index in [0.717, 1.165) is 10.5 Å². The van der Waals surface area contributed by atoms with E-state index in [-0.39, 0.29) is 24.4 Å². The summed E-state index contributed by atoms with van der Waals surface area (Å²) in [5.41, 5.74) is 2.67. The Morgan fingerprint density at radius 3 is 2.61 bits per heavy atom. The molecular formula is C18H22F2N4O4. The van der Waals surface area contributed by atoms with Gasteiger partial charge in [-0.25, -0.2) is 10.2 Å². The lowest BCUT2D eigenvalue weighted by molar-refractivity contribution is -0.130. The summed E-state index contributed by atoms with van der Waals surface area (Å²) in [5, 5.41) is 6.42. The van der Waals surface area contributed by atoms with Crippen molar-refractivity contribution in [2.45, 2.75) is 46.3 Å². The van der Waals surface area contributed by atoms with Crippen LogP contribution in [-0.4, -0.2) is 47.2 Å². The highest BCUT2D eigenvalue weighted by Gasteiger charge is 2.43. The Bertz CT molecular complexity index is 824. The number of ether oxygens (including phenoxy) is 1. The van der Waals surface area contributed by atoms with Crippen molar-refractivity contribution in [3.8, 4) is 5.75 Å². The molecule has 8 nitrogen and oxygen atoms in total. The number of carbonyl (C=O) groups excluding carboxylic acids is 3. The number of nitrogens with one attached hydrogen (secondary N) is 2. The number of halogens is 2. The number of amides is 4. The molecule has 0 bridgehead atoms. The maximum Gasteiger partial charge on any atom is 0.387 e. The van der Waals surface area contributed by atoms with Crippen LogP contribution in [0.3, 0.4) is 0 Å². The molecule has 1 aromatic rings. The number of aryl methyl sites for hydroxylation is 1. The molecule has 0 atom stereocenters. The van der Waals surface area contributed by atoms with Gasteiger partial charge in [0.1, 0.15) is 11.3 Å². The first-order valence-corrected chi connectivity index (χ1v) is 8.54. The molecule has 0 spiro atoms. The summed E-state index contributed by atoms with van der Waals surface area (Å²) in [6.45, 7) is 3.37. The highest BCUT2D eigenvalue weighted by Crippen LogP contribution is 2.23. The number of carbonyl (C=O) groups is 3. The minimum atomic E-state index is -2.99. The summed E-state index contributed by atoms with van der Waals surface area (Å²) in [5.74, 6) is -1.01. The van der Waals surface area contributed by atoms with Crippen molar-refractivity contribution in [2.24, 2.45) is 5.10 Å². The maximum absolute atomic E-state index is 12.5. The molecule has 1 aliphatic rings. The lowest BCUT2D eigenvalue weighted by Gasteiger charge is -2.15. The van der Waals surface area contributed by atoms with E-state index in [1.807, 2.05) is 0 Å². The Balaban J connectivity index is 2.00. The van der Waals surface area contributed by atoms with E-state index in [9.17, 15) is 23.2 Å². The molecule has 0 unspecified atom stereocenters. The van der Waals surface area contributed by atoms with Gasteiger partial charge in [-0.1, -0.05) is 11.6 Å². The van der Waals surface area contributed by atoms with Gasteiger partial charge in [0.2, 0.25) is 5.91 Å². The molecule has 1 saturated heterocycles. The van der Waals surface area contributed by atoms with E-state index < -0.39 is 30.0 Å². The third-order valence-corrected chi connectivity index (χ3v) is 4.10. The van der Waals surface area contributed by atoms with Gasteiger partial charge in [-0.3, -0.25) is 14.5 Å². The summed E-state index contributed by atoms with van der Waals surface area (Å²) in [6.07, 6.45) is -0.153. The van der Waals surface area contributed by atoms with E-state index >= 15 is 0 Å². The molecular weight excluding hydrogens is 374 g/mol. The van der Waals surface area contributed by atoms with E-state index in [2.05, 4.69) is 20.6 Å². The number of hydrogen-bond acceptors (Lipinski definition) is 5. The van der Waals surface area contributed by atoms with Gasteiger partial charge >= 0.3 is 12.6 Å². The highest BCUT2D eigenvalue weighted by atomic mass is 19.3. The summed E-state index contributed by atoms with van der Waals surface area (Å²) >= 11 is 0. The molecule has 2 rings (SSSR count). The number of urea groups is 1. The Morgan fingerprint density at radius 1 is 1.36 bits per heavy atom. The number of hydrogen-bond donors (Lipinski definition) is 2. The molecule has 10 heteroatoms. The second kappa shape index (κ2) is 8.32. The molecule has 0 aromatic heterocycles. The number of benzene rings is 1. The SMILES string of the molecule is C/C(=N/NC(=O)CCN1C(=O)NC(C)(C)C1=O)c1cc(C)ccc1OC(F)F. The van der Waals surface area contributed by atoms with Crippen LogP contribution < -0.4 is 15.5 Å². The van der Waals surface area contributed by atoms with E-state index in [1.54, 1.807) is 32.9 Å². The van der Waals surface area contributed by atoms with Gasteiger partial charge in [-0.15, -0.1) is 0 Å². The first kappa shape index (κ1) is 21.3. The molecule has 1 aromatic carbocycles. The zero-order chi connectivity index (χ0) is 21.1. The molecule has 152 valence electrons. The van der Waals surface area contributed by atoms with Crippen molar-refractivity contribution in [2.75, 3.05) is 6.54 Å². The van der Waals surface area contributed by atoms with E-state index in [0.29, 0.717) is 5.56 Å². The van der Waals surface area contributed by atoms with Crippen molar-refractivity contribution < 1.29 is 27.9 Å². The fourth-order valence-corrected chi connectivity index (χ4v) is 2.62. The van der Waals surface area contributed by atoms with Crippen LogP contribution in [0.15, 0.2) is 23.3 Å². The van der Waals surface area contributed by atoms with Crippen molar-refractivity contribution in [3.63, 3.8) is 0 Å². The first-order valence-electron chi connectivity index (χ1n) is 8.54. The van der Waals surface area contributed by atoms with Gasteiger partial charge in [0.15, 0.2) is 0 Å². The van der Waals surface area contributed by atoms with Gasteiger partial charge in [-0.2, -0.15) is 13.9 Å². The Kier molecular flexibility index (Phi) is 6.32. The topological polar surface area (TPSA) is 100 Å². The average molecular weight is 396 g/mol. The van der Waals surface area contributed by atoms with Crippen LogP contribution in [-0.2, 0) is 9.59 Å². The quantitative estimate of drug-likeness (QED) is 0.419. The predicted octanol–water partition coefficient (Wildman–Crippen LogP) is 2.16. The lowest BCUT2D eigenvalue weighted by atomic mass is 10.1. The van der Waals surface area contributed by atoms with Crippen LogP contribution in [0.2, 0.25) is 0 Å². The molecule has 28 heavy (non-hydrogen) atoms. The van der Waals surface area contributed by atoms with Crippen LogP contribution in [0.25, 0.3) is 0 Å². The standard InChI is InChI=1S/C18H22F2N4O4/c1-10-5-6-13(28-16(19)20)12(9-10)11(2)22-23-14(25)7-8-24-15(26)18(3,4)21-17(24)27/h5-6,9,16H,7-8H2,1-4H3,(H,21,27)(H,23,25)/b22-11-. The smallest absolute Gasteiger partial charge is 0.387 e. The summed E-state index contributed by atoms with van der Waals surface area (Å²) in [6, 6.07) is 4.07. The van der Waals surface area contributed by atoms with Crippen molar-refractivity contribution in [1.82, 2.24) is 15.6 Å². The number of nitrogens with zero attached hydrogens (tertiary/aromatic N) is 2. The molecule has 1 heterocycles. The third-order valence-electron chi connectivity index (χ3n) is 4.10. The Hall–Kier alpha value is -3.04. The van der Waals surface area contributed by atoms with Crippen molar-refractivity contribution in [1.29, 1.82) is 0 Å². The zero-order valence-electron chi connectivity index (χ0n) is 16.0. The zero-order valence-corrected chi connectivity index (χ0v) is 16.0. The monoisotopic (exact) mass is 396 g/mol. The normalized spacial score (nSPS) is 16.4. The predicted molar refractivity (Wildman–Crippen MR) is 97.1 cm³/mol. The summed E-state index contributed by atoms with van der Waals surface area (Å²) < 4.78 is 29.6. The number of imide groups is 1. The molecule has 2 N–H and O–H groups in total. The van der Waals surface area contributed by atoms with Gasteiger partial charge in [0, 0.05) is 18.5 Å². The maximum atomic E-state index is 12.5. The van der Waals surface area contributed by atoms with Crippen LogP contribution >= 0.6 is 0 Å². The third kappa shape index (κ3) is 5.02. The van der Waals surface area contributed by atoms with Crippen LogP contribution in [0.4, 0.5) is 13.6 Å². The van der Waals surface area contributed by atoms with Gasteiger partial charge < -0.3 is 10.1 Å². The van der Waals surface area contributed by atoms with Crippen LogP contribution in [0, 0.1) is 6.92 Å². The largest absolute Gasteiger partial charge is 0.434 e. The second-order valence-electron chi connectivity index (χ2n) is 6.87. The molecule has 0 aliphatic carbocycles. The van der Waals surface area contributed by atoms with Crippen LogP contribution in [0.5, 0.6) is 5.75 Å². The van der Waals surface area contributed by atoms with Crippen molar-refractivity contribution in [3.05, 3.63) is 29.3 Å². The minimum absolute atomic E-state index is 0.0577. The average Bonchev–Trinajstić information content (AvgIpc) is 2.79. The lowest BCUT2D eigenvalue weighted by Crippen LogP contribution is -2.40. The Labute approximate surface area is 160 Å². The molecule has 4 amide bonds. The van der Waals surface area contributed by atoms with E-state index in [1.165, 1.54) is 13.0 Å². The summed E-state index contributed by atoms with van der Waals surface area (Å²) in [7, 11) is 0. The van der Waals surface area contributed by atoms with Gasteiger partial charge in [0.25, 0.3) is 5.91 Å². The number of alkyl halides is 2. The molecule has 1 aliphatic heterocycles. The fraction of sp³-hybridized carbons (Fsp3) is 0.444. The molecule has 0 saturated carbocycles. The Morgan fingerprint density at radius 2 is 2.04 bits per heavy atom. The number of rotatable bonds is 7. The van der Waals surface area contributed by atoms with Crippen LogP contribution in [0.1, 0.15) is 38.3 Å². The highest BCUT2D eigenvalue weighted by molar-refractivity contribution is 6.06. The fourth-order valence-electron chi connectivity index (χ4n) is 2.62.